The molecule has 7 nitrogen and oxygen atoms in total. The highest BCUT2D eigenvalue weighted by atomic mass is 16.6. The summed E-state index contributed by atoms with van der Waals surface area (Å²) in [6.45, 7) is 1.79. The molecule has 0 aliphatic carbocycles. The van der Waals surface area contributed by atoms with Crippen LogP contribution in [0.15, 0.2) is 23.9 Å². The molecule has 7 heteroatoms. The van der Waals surface area contributed by atoms with E-state index in [4.69, 9.17) is 0 Å². The highest BCUT2D eigenvalue weighted by Crippen LogP contribution is 2.24. The van der Waals surface area contributed by atoms with Crippen LogP contribution in [0.2, 0.25) is 0 Å². The molecule has 0 atom stereocenters. The fraction of sp³-hybridized carbons (Fsp3) is 0.167. The van der Waals surface area contributed by atoms with Crippen LogP contribution in [0.5, 0.6) is 0 Å². The first-order valence-electron chi connectivity index (χ1n) is 5.46. The van der Waals surface area contributed by atoms with E-state index in [1.54, 1.807) is 19.1 Å². The maximum atomic E-state index is 11.6. The molecular weight excluding hydrogens is 250 g/mol. The monoisotopic (exact) mass is 261 g/mol. The van der Waals surface area contributed by atoms with Gasteiger partial charge in [-0.3, -0.25) is 25.1 Å². The Labute approximate surface area is 108 Å². The van der Waals surface area contributed by atoms with Crippen molar-refractivity contribution >= 4 is 23.7 Å². The first kappa shape index (κ1) is 12.7. The summed E-state index contributed by atoms with van der Waals surface area (Å²) in [5, 5.41) is 13.0. The van der Waals surface area contributed by atoms with Gasteiger partial charge in [-0.05, 0) is 19.1 Å². The number of benzene rings is 1. The van der Waals surface area contributed by atoms with Gasteiger partial charge in [0.05, 0.1) is 10.5 Å². The van der Waals surface area contributed by atoms with Gasteiger partial charge in [0.25, 0.3) is 11.6 Å². The Balaban J connectivity index is 2.54. The molecule has 0 spiro atoms. The number of rotatable bonds is 2. The third kappa shape index (κ3) is 2.30. The Morgan fingerprint density at radius 1 is 1.37 bits per heavy atom. The van der Waals surface area contributed by atoms with Crippen molar-refractivity contribution in [2.75, 3.05) is 7.05 Å². The van der Waals surface area contributed by atoms with E-state index in [0.29, 0.717) is 0 Å². The summed E-state index contributed by atoms with van der Waals surface area (Å²) in [6, 6.07) is 4.03. The molecule has 0 aromatic heterocycles. The van der Waals surface area contributed by atoms with Crippen LogP contribution in [0.4, 0.5) is 10.5 Å². The van der Waals surface area contributed by atoms with E-state index in [1.165, 1.54) is 19.2 Å². The van der Waals surface area contributed by atoms with Crippen molar-refractivity contribution in [1.29, 1.82) is 0 Å². The lowest BCUT2D eigenvalue weighted by Gasteiger charge is -2.07. The number of amides is 3. The van der Waals surface area contributed by atoms with E-state index >= 15 is 0 Å². The van der Waals surface area contributed by atoms with Crippen molar-refractivity contribution in [3.8, 4) is 0 Å². The van der Waals surface area contributed by atoms with E-state index < -0.39 is 16.9 Å². The average molecular weight is 261 g/mol. The summed E-state index contributed by atoms with van der Waals surface area (Å²) in [4.78, 5) is 34.4. The van der Waals surface area contributed by atoms with Gasteiger partial charge >= 0.3 is 6.03 Å². The first-order chi connectivity index (χ1) is 8.90. The Morgan fingerprint density at radius 3 is 2.58 bits per heavy atom. The van der Waals surface area contributed by atoms with E-state index in [9.17, 15) is 19.7 Å². The standard InChI is InChI=1S/C12H11N3O4/c1-7-3-4-9(15(18)19)8(5-7)6-10-11(16)13-12(17)14(10)2/h3-6H,1-2H3,(H,13,16,17)/b10-6+. The quantitative estimate of drug-likeness (QED) is 0.377. The molecule has 19 heavy (non-hydrogen) atoms. The van der Waals surface area contributed by atoms with Gasteiger partial charge in [-0.25, -0.2) is 4.79 Å². The number of imide groups is 1. The van der Waals surface area contributed by atoms with E-state index in [-0.39, 0.29) is 16.9 Å². The highest BCUT2D eigenvalue weighted by Gasteiger charge is 2.30. The molecule has 1 aliphatic heterocycles. The minimum absolute atomic E-state index is 0.0821. The predicted molar refractivity (Wildman–Crippen MR) is 67.1 cm³/mol. The van der Waals surface area contributed by atoms with Gasteiger partial charge in [-0.15, -0.1) is 0 Å². The normalized spacial score (nSPS) is 16.9. The van der Waals surface area contributed by atoms with E-state index in [2.05, 4.69) is 5.32 Å². The Kier molecular flexibility index (Phi) is 3.04. The fourth-order valence-corrected chi connectivity index (χ4v) is 1.77. The van der Waals surface area contributed by atoms with Crippen LogP contribution in [0.25, 0.3) is 6.08 Å². The molecule has 0 unspecified atom stereocenters. The summed E-state index contributed by atoms with van der Waals surface area (Å²) in [7, 11) is 1.42. The maximum absolute atomic E-state index is 11.6. The Bertz CT molecular complexity index is 621. The van der Waals surface area contributed by atoms with Crippen molar-refractivity contribution in [3.05, 3.63) is 45.1 Å². The lowest BCUT2D eigenvalue weighted by atomic mass is 10.1. The zero-order valence-electron chi connectivity index (χ0n) is 10.3. The molecule has 1 aromatic rings. The van der Waals surface area contributed by atoms with Crippen molar-refractivity contribution in [2.24, 2.45) is 0 Å². The number of carbonyl (C=O) groups is 2. The minimum Gasteiger partial charge on any atom is -0.292 e. The fourth-order valence-electron chi connectivity index (χ4n) is 1.77. The molecule has 1 heterocycles. The summed E-state index contributed by atoms with van der Waals surface area (Å²) in [5.74, 6) is -0.566. The van der Waals surface area contributed by atoms with Crippen LogP contribution in [0, 0.1) is 17.0 Å². The second-order valence-corrected chi connectivity index (χ2v) is 4.17. The third-order valence-corrected chi connectivity index (χ3v) is 2.79. The molecule has 1 fully saturated rings. The van der Waals surface area contributed by atoms with Crippen LogP contribution in [0.1, 0.15) is 11.1 Å². The van der Waals surface area contributed by atoms with Crippen molar-refractivity contribution in [1.82, 2.24) is 10.2 Å². The number of carbonyl (C=O) groups excluding carboxylic acids is 2. The molecule has 1 saturated heterocycles. The summed E-state index contributed by atoms with van der Waals surface area (Å²) in [5.41, 5.74) is 1.08. The lowest BCUT2D eigenvalue weighted by Crippen LogP contribution is -2.24. The molecule has 0 saturated carbocycles. The van der Waals surface area contributed by atoms with Gasteiger partial charge < -0.3 is 0 Å². The van der Waals surface area contributed by atoms with Gasteiger partial charge in [0, 0.05) is 13.1 Å². The molecule has 0 radical (unpaired) electrons. The number of likely N-dealkylation sites (N-methyl/N-ethyl adjacent to an activating group) is 1. The molecule has 1 aliphatic rings. The van der Waals surface area contributed by atoms with Gasteiger partial charge in [0.1, 0.15) is 5.70 Å². The van der Waals surface area contributed by atoms with E-state index in [0.717, 1.165) is 10.5 Å². The molecule has 3 amide bonds. The average Bonchev–Trinajstić information content (AvgIpc) is 2.56. The smallest absolute Gasteiger partial charge is 0.292 e. The summed E-state index contributed by atoms with van der Waals surface area (Å²) in [6.07, 6.45) is 1.34. The minimum atomic E-state index is -0.566. The van der Waals surface area contributed by atoms with E-state index in [1.807, 2.05) is 0 Å². The molecule has 98 valence electrons. The molecular formula is C12H11N3O4. The first-order valence-corrected chi connectivity index (χ1v) is 5.46. The van der Waals surface area contributed by atoms with Gasteiger partial charge in [-0.2, -0.15) is 0 Å². The molecule has 1 N–H and O–H groups in total. The van der Waals surface area contributed by atoms with Crippen molar-refractivity contribution in [2.45, 2.75) is 6.92 Å². The Morgan fingerprint density at radius 2 is 2.05 bits per heavy atom. The van der Waals surface area contributed by atoms with Crippen molar-refractivity contribution in [3.63, 3.8) is 0 Å². The highest BCUT2D eigenvalue weighted by molar-refractivity contribution is 6.14. The topological polar surface area (TPSA) is 92.5 Å². The number of nitrogens with zero attached hydrogens (tertiary/aromatic N) is 2. The third-order valence-electron chi connectivity index (χ3n) is 2.79. The number of aryl methyl sites for hydroxylation is 1. The zero-order valence-corrected chi connectivity index (χ0v) is 10.3. The predicted octanol–water partition coefficient (Wildman–Crippen LogP) is 1.43. The number of hydrogen-bond acceptors (Lipinski definition) is 4. The molecule has 1 aromatic carbocycles. The maximum Gasteiger partial charge on any atom is 0.328 e. The number of nitro benzene ring substituents is 1. The van der Waals surface area contributed by atoms with Crippen LogP contribution in [0.3, 0.4) is 0 Å². The molecule has 0 bridgehead atoms. The van der Waals surface area contributed by atoms with Crippen molar-refractivity contribution < 1.29 is 14.5 Å². The zero-order chi connectivity index (χ0) is 14.2. The Hall–Kier alpha value is -2.70. The van der Waals surface area contributed by atoms with Crippen LogP contribution in [-0.4, -0.2) is 28.8 Å². The number of nitrogens with one attached hydrogen (secondary N) is 1. The van der Waals surface area contributed by atoms with Crippen LogP contribution < -0.4 is 5.32 Å². The summed E-state index contributed by atoms with van der Waals surface area (Å²) < 4.78 is 0. The number of nitro groups is 1. The second-order valence-electron chi connectivity index (χ2n) is 4.17. The number of urea groups is 1. The summed E-state index contributed by atoms with van der Waals surface area (Å²) >= 11 is 0. The lowest BCUT2D eigenvalue weighted by molar-refractivity contribution is -0.385. The van der Waals surface area contributed by atoms with Crippen LogP contribution in [-0.2, 0) is 4.79 Å². The van der Waals surface area contributed by atoms with Crippen LogP contribution >= 0.6 is 0 Å². The largest absolute Gasteiger partial charge is 0.328 e. The van der Waals surface area contributed by atoms with Gasteiger partial charge in [0.15, 0.2) is 0 Å². The SMILES string of the molecule is Cc1ccc([N+](=O)[O-])c(/C=C2\C(=O)NC(=O)N2C)c1. The number of hydrogen-bond donors (Lipinski definition) is 1. The van der Waals surface area contributed by atoms with Gasteiger partial charge in [0.2, 0.25) is 0 Å². The van der Waals surface area contributed by atoms with Gasteiger partial charge in [-0.1, -0.05) is 11.6 Å². The molecule has 2 rings (SSSR count). The second kappa shape index (κ2) is 4.52.